The molecule has 0 radical (unpaired) electrons. The van der Waals surface area contributed by atoms with Gasteiger partial charge in [0.2, 0.25) is 0 Å². The summed E-state index contributed by atoms with van der Waals surface area (Å²) in [6.45, 7) is 6.71. The van der Waals surface area contributed by atoms with Crippen LogP contribution in [0.25, 0.3) is 0 Å². The quantitative estimate of drug-likeness (QED) is 0.719. The number of hydrogen-bond donors (Lipinski definition) is 2. The Balaban J connectivity index is 1.69. The molecule has 98 valence electrons. The third-order valence-corrected chi connectivity index (χ3v) is 3.73. The van der Waals surface area contributed by atoms with Crippen LogP contribution in [0.15, 0.2) is 0 Å². The van der Waals surface area contributed by atoms with E-state index in [-0.39, 0.29) is 12.0 Å². The molecule has 3 unspecified atom stereocenters. The van der Waals surface area contributed by atoms with Gasteiger partial charge < -0.3 is 15.2 Å². The minimum Gasteiger partial charge on any atom is -0.481 e. The van der Waals surface area contributed by atoms with Crippen LogP contribution < -0.4 is 5.32 Å². The van der Waals surface area contributed by atoms with E-state index >= 15 is 0 Å². The molecule has 5 nitrogen and oxygen atoms in total. The summed E-state index contributed by atoms with van der Waals surface area (Å²) in [5.41, 5.74) is 0. The third-order valence-electron chi connectivity index (χ3n) is 3.73. The standard InChI is InChI=1S/C12H22N2O3/c1-9(8-14-4-6-17-7-5-14)13-11-3-2-10(11)12(15)16/h9-11,13H,2-8H2,1H3,(H,15,16). The van der Waals surface area contributed by atoms with E-state index in [0.29, 0.717) is 6.04 Å². The lowest BCUT2D eigenvalue weighted by Crippen LogP contribution is -2.54. The van der Waals surface area contributed by atoms with E-state index in [4.69, 9.17) is 9.84 Å². The molecular formula is C12H22N2O3. The van der Waals surface area contributed by atoms with Crippen LogP contribution in [0, 0.1) is 5.92 Å². The summed E-state index contributed by atoms with van der Waals surface area (Å²) >= 11 is 0. The monoisotopic (exact) mass is 242 g/mol. The molecule has 1 saturated heterocycles. The summed E-state index contributed by atoms with van der Waals surface area (Å²) in [6.07, 6.45) is 1.81. The number of morpholine rings is 1. The van der Waals surface area contributed by atoms with Crippen molar-refractivity contribution >= 4 is 5.97 Å². The second-order valence-electron chi connectivity index (χ2n) is 5.11. The fraction of sp³-hybridized carbons (Fsp3) is 0.917. The molecule has 1 saturated carbocycles. The minimum atomic E-state index is -0.660. The number of nitrogens with zero attached hydrogens (tertiary/aromatic N) is 1. The van der Waals surface area contributed by atoms with Crippen LogP contribution in [-0.2, 0) is 9.53 Å². The topological polar surface area (TPSA) is 61.8 Å². The predicted octanol–water partition coefficient (Wildman–Crippen LogP) is 0.160. The van der Waals surface area contributed by atoms with Crippen molar-refractivity contribution in [3.8, 4) is 0 Å². The van der Waals surface area contributed by atoms with Crippen LogP contribution >= 0.6 is 0 Å². The van der Waals surface area contributed by atoms with Crippen molar-refractivity contribution in [1.29, 1.82) is 0 Å². The van der Waals surface area contributed by atoms with Gasteiger partial charge in [-0.25, -0.2) is 0 Å². The smallest absolute Gasteiger partial charge is 0.308 e. The summed E-state index contributed by atoms with van der Waals surface area (Å²) in [6, 6.07) is 0.517. The maximum absolute atomic E-state index is 10.9. The molecule has 0 spiro atoms. The Kier molecular flexibility index (Phi) is 4.36. The largest absolute Gasteiger partial charge is 0.481 e. The molecule has 2 rings (SSSR count). The van der Waals surface area contributed by atoms with E-state index < -0.39 is 5.97 Å². The van der Waals surface area contributed by atoms with Crippen molar-refractivity contribution in [3.05, 3.63) is 0 Å². The van der Waals surface area contributed by atoms with Crippen LogP contribution in [-0.4, -0.2) is 60.9 Å². The molecule has 0 aromatic heterocycles. The number of carbonyl (C=O) groups is 1. The zero-order chi connectivity index (χ0) is 12.3. The number of carboxylic acid groups (broad SMARTS) is 1. The van der Waals surface area contributed by atoms with Crippen molar-refractivity contribution in [2.24, 2.45) is 5.92 Å². The van der Waals surface area contributed by atoms with E-state index in [9.17, 15) is 4.79 Å². The average Bonchev–Trinajstić information content (AvgIpc) is 2.25. The highest BCUT2D eigenvalue weighted by molar-refractivity contribution is 5.72. The van der Waals surface area contributed by atoms with E-state index in [1.54, 1.807) is 0 Å². The van der Waals surface area contributed by atoms with Gasteiger partial charge in [-0.15, -0.1) is 0 Å². The minimum absolute atomic E-state index is 0.170. The SMILES string of the molecule is CC(CN1CCOCC1)NC1CCC1C(=O)O. The molecule has 0 bridgehead atoms. The molecule has 5 heteroatoms. The van der Waals surface area contributed by atoms with Gasteiger partial charge in [-0.2, -0.15) is 0 Å². The predicted molar refractivity (Wildman–Crippen MR) is 64.0 cm³/mol. The van der Waals surface area contributed by atoms with E-state index in [1.807, 2.05) is 0 Å². The first-order valence-electron chi connectivity index (χ1n) is 6.46. The summed E-state index contributed by atoms with van der Waals surface area (Å²) in [7, 11) is 0. The van der Waals surface area contributed by atoms with Crippen molar-refractivity contribution in [2.75, 3.05) is 32.8 Å². The Morgan fingerprint density at radius 1 is 1.47 bits per heavy atom. The maximum atomic E-state index is 10.9. The lowest BCUT2D eigenvalue weighted by Gasteiger charge is -2.38. The fourth-order valence-electron chi connectivity index (χ4n) is 2.58. The maximum Gasteiger partial charge on any atom is 0.308 e. The first-order valence-corrected chi connectivity index (χ1v) is 6.46. The van der Waals surface area contributed by atoms with Gasteiger partial charge in [0, 0.05) is 31.7 Å². The van der Waals surface area contributed by atoms with Crippen molar-refractivity contribution in [2.45, 2.75) is 31.8 Å². The van der Waals surface area contributed by atoms with E-state index in [1.165, 1.54) is 0 Å². The van der Waals surface area contributed by atoms with Gasteiger partial charge >= 0.3 is 5.97 Å². The van der Waals surface area contributed by atoms with E-state index in [2.05, 4.69) is 17.1 Å². The molecule has 17 heavy (non-hydrogen) atoms. The molecule has 2 aliphatic rings. The Morgan fingerprint density at radius 3 is 2.71 bits per heavy atom. The lowest BCUT2D eigenvalue weighted by atomic mass is 9.79. The highest BCUT2D eigenvalue weighted by Gasteiger charge is 2.37. The number of aliphatic carboxylic acids is 1. The fourth-order valence-corrected chi connectivity index (χ4v) is 2.58. The molecule has 0 aromatic rings. The van der Waals surface area contributed by atoms with Crippen molar-refractivity contribution < 1.29 is 14.6 Å². The first kappa shape index (κ1) is 12.8. The van der Waals surface area contributed by atoms with Gasteiger partial charge in [0.1, 0.15) is 0 Å². The summed E-state index contributed by atoms with van der Waals surface area (Å²) in [4.78, 5) is 13.3. The van der Waals surface area contributed by atoms with Crippen molar-refractivity contribution in [3.63, 3.8) is 0 Å². The van der Waals surface area contributed by atoms with Crippen LogP contribution in [0.5, 0.6) is 0 Å². The van der Waals surface area contributed by atoms with Crippen LogP contribution in [0.4, 0.5) is 0 Å². The zero-order valence-corrected chi connectivity index (χ0v) is 10.4. The van der Waals surface area contributed by atoms with Gasteiger partial charge in [0.25, 0.3) is 0 Å². The Hall–Kier alpha value is -0.650. The molecule has 1 aliphatic heterocycles. The summed E-state index contributed by atoms with van der Waals surface area (Å²) < 4.78 is 5.30. The second kappa shape index (κ2) is 5.80. The molecule has 0 amide bonds. The average molecular weight is 242 g/mol. The lowest BCUT2D eigenvalue weighted by molar-refractivity contribution is -0.146. The Labute approximate surface area is 102 Å². The second-order valence-corrected chi connectivity index (χ2v) is 5.11. The molecule has 3 atom stereocenters. The first-order chi connectivity index (χ1) is 8.16. The number of hydrogen-bond acceptors (Lipinski definition) is 4. The summed E-state index contributed by atoms with van der Waals surface area (Å²) in [5.74, 6) is -0.838. The highest BCUT2D eigenvalue weighted by atomic mass is 16.5. The van der Waals surface area contributed by atoms with Crippen molar-refractivity contribution in [1.82, 2.24) is 10.2 Å². The van der Waals surface area contributed by atoms with Gasteiger partial charge in [-0.05, 0) is 19.8 Å². The molecule has 1 aliphatic carbocycles. The van der Waals surface area contributed by atoms with E-state index in [0.717, 1.165) is 45.7 Å². The number of ether oxygens (including phenoxy) is 1. The Morgan fingerprint density at radius 2 is 2.18 bits per heavy atom. The number of nitrogens with one attached hydrogen (secondary N) is 1. The Bertz CT molecular complexity index is 266. The van der Waals surface area contributed by atoms with Gasteiger partial charge in [-0.3, -0.25) is 9.69 Å². The summed E-state index contributed by atoms with van der Waals surface area (Å²) in [5, 5.41) is 12.4. The van der Waals surface area contributed by atoms with Crippen LogP contribution in [0.2, 0.25) is 0 Å². The zero-order valence-electron chi connectivity index (χ0n) is 10.4. The molecule has 0 aromatic carbocycles. The van der Waals surface area contributed by atoms with Gasteiger partial charge in [0.05, 0.1) is 19.1 Å². The number of rotatable bonds is 5. The van der Waals surface area contributed by atoms with Crippen LogP contribution in [0.1, 0.15) is 19.8 Å². The molecular weight excluding hydrogens is 220 g/mol. The van der Waals surface area contributed by atoms with Gasteiger partial charge in [0.15, 0.2) is 0 Å². The normalized spacial score (nSPS) is 31.8. The van der Waals surface area contributed by atoms with Gasteiger partial charge in [-0.1, -0.05) is 0 Å². The molecule has 1 heterocycles. The molecule has 2 fully saturated rings. The third kappa shape index (κ3) is 3.40. The molecule has 2 N–H and O–H groups in total. The highest BCUT2D eigenvalue weighted by Crippen LogP contribution is 2.27. The van der Waals surface area contributed by atoms with Crippen LogP contribution in [0.3, 0.4) is 0 Å². The number of carboxylic acids is 1.